The van der Waals surface area contributed by atoms with Crippen LogP contribution in [0.4, 0.5) is 0 Å². The number of ketones is 1. The van der Waals surface area contributed by atoms with Crippen molar-refractivity contribution in [1.29, 1.82) is 0 Å². The third kappa shape index (κ3) is 9.78. The van der Waals surface area contributed by atoms with Crippen molar-refractivity contribution in [3.63, 3.8) is 0 Å². The van der Waals surface area contributed by atoms with Gasteiger partial charge in [0.05, 0.1) is 6.10 Å². The molecule has 1 fully saturated rings. The van der Waals surface area contributed by atoms with Crippen molar-refractivity contribution < 1.29 is 19.8 Å². The summed E-state index contributed by atoms with van der Waals surface area (Å²) in [5, 5.41) is 18.7. The van der Waals surface area contributed by atoms with Crippen LogP contribution >= 0.6 is 0 Å². The van der Waals surface area contributed by atoms with Crippen molar-refractivity contribution in [2.24, 2.45) is 11.8 Å². The number of carboxylic acid groups (broad SMARTS) is 1. The largest absolute Gasteiger partial charge is 0.481 e. The molecular formula is C21H36O4. The first kappa shape index (κ1) is 21.9. The van der Waals surface area contributed by atoms with Gasteiger partial charge in [-0.05, 0) is 31.6 Å². The highest BCUT2D eigenvalue weighted by molar-refractivity contribution is 5.83. The molecule has 0 aromatic rings. The molecule has 25 heavy (non-hydrogen) atoms. The van der Waals surface area contributed by atoms with Gasteiger partial charge in [0.1, 0.15) is 5.78 Å². The molecule has 0 aliphatic heterocycles. The van der Waals surface area contributed by atoms with E-state index in [4.69, 9.17) is 5.11 Å². The number of rotatable bonds is 14. The smallest absolute Gasteiger partial charge is 0.303 e. The summed E-state index contributed by atoms with van der Waals surface area (Å²) in [5.41, 5.74) is 0. The first-order valence-electron chi connectivity index (χ1n) is 10.2. The maximum atomic E-state index is 12.1. The Morgan fingerprint density at radius 2 is 1.88 bits per heavy atom. The van der Waals surface area contributed by atoms with Gasteiger partial charge in [0, 0.05) is 18.8 Å². The van der Waals surface area contributed by atoms with E-state index in [9.17, 15) is 14.7 Å². The molecule has 0 aromatic carbocycles. The third-order valence-corrected chi connectivity index (χ3v) is 5.24. The van der Waals surface area contributed by atoms with Crippen LogP contribution < -0.4 is 0 Å². The van der Waals surface area contributed by atoms with E-state index in [-0.39, 0.29) is 24.4 Å². The minimum Gasteiger partial charge on any atom is -0.481 e. The van der Waals surface area contributed by atoms with Crippen LogP contribution in [0.5, 0.6) is 0 Å². The number of aliphatic hydroxyl groups is 1. The standard InChI is InChI=1S/C21H36O4/c1-2-3-4-7-10-18(22)15-13-17-14-16-20(23)19(17)11-8-5-6-9-12-21(24)25/h13,15,17-19,22H,2-12,14,16H2,1H3,(H,24,25). The Hall–Kier alpha value is -1.16. The van der Waals surface area contributed by atoms with Gasteiger partial charge in [-0.15, -0.1) is 0 Å². The van der Waals surface area contributed by atoms with E-state index in [0.717, 1.165) is 51.4 Å². The zero-order chi connectivity index (χ0) is 18.5. The molecule has 1 saturated carbocycles. The van der Waals surface area contributed by atoms with E-state index in [1.54, 1.807) is 0 Å². The van der Waals surface area contributed by atoms with Crippen LogP contribution in [0, 0.1) is 11.8 Å². The molecule has 0 radical (unpaired) electrons. The van der Waals surface area contributed by atoms with Crippen molar-refractivity contribution in [2.45, 2.75) is 96.5 Å². The van der Waals surface area contributed by atoms with Crippen LogP contribution in [0.1, 0.15) is 90.4 Å². The second-order valence-electron chi connectivity index (χ2n) is 7.42. The lowest BCUT2D eigenvalue weighted by atomic mass is 9.89. The highest BCUT2D eigenvalue weighted by atomic mass is 16.4. The Bertz CT molecular complexity index is 416. The molecule has 1 rings (SSSR count). The first-order chi connectivity index (χ1) is 12.0. The summed E-state index contributed by atoms with van der Waals surface area (Å²) in [6, 6.07) is 0. The number of unbranched alkanes of at least 4 members (excludes halogenated alkanes) is 6. The second kappa shape index (κ2) is 13.1. The molecule has 0 saturated heterocycles. The van der Waals surface area contributed by atoms with Crippen molar-refractivity contribution in [3.8, 4) is 0 Å². The molecule has 0 heterocycles. The maximum absolute atomic E-state index is 12.1. The van der Waals surface area contributed by atoms with Crippen LogP contribution in [0.15, 0.2) is 12.2 Å². The Labute approximate surface area is 152 Å². The topological polar surface area (TPSA) is 74.6 Å². The molecule has 0 spiro atoms. The lowest BCUT2D eigenvalue weighted by molar-refractivity contribution is -0.137. The van der Waals surface area contributed by atoms with Crippen LogP contribution in [0.2, 0.25) is 0 Å². The van der Waals surface area contributed by atoms with E-state index in [0.29, 0.717) is 12.2 Å². The highest BCUT2D eigenvalue weighted by Gasteiger charge is 2.32. The summed E-state index contributed by atoms with van der Waals surface area (Å²) in [5.74, 6) is 0.00173. The predicted octanol–water partition coefficient (Wildman–Crippen LogP) is 4.89. The average molecular weight is 353 g/mol. The summed E-state index contributed by atoms with van der Waals surface area (Å²) < 4.78 is 0. The lowest BCUT2D eigenvalue weighted by Crippen LogP contribution is -2.14. The Kier molecular flexibility index (Phi) is 11.5. The zero-order valence-corrected chi connectivity index (χ0v) is 15.8. The van der Waals surface area contributed by atoms with Gasteiger partial charge in [-0.1, -0.05) is 64.0 Å². The predicted molar refractivity (Wildman–Crippen MR) is 100 cm³/mol. The normalized spacial score (nSPS) is 21.9. The molecule has 0 amide bonds. The molecule has 2 N–H and O–H groups in total. The van der Waals surface area contributed by atoms with Crippen LogP contribution in [0.25, 0.3) is 0 Å². The molecule has 3 atom stereocenters. The number of aliphatic carboxylic acids is 1. The fourth-order valence-electron chi connectivity index (χ4n) is 3.68. The fraction of sp³-hybridized carbons (Fsp3) is 0.810. The molecule has 4 nitrogen and oxygen atoms in total. The van der Waals surface area contributed by atoms with Crippen molar-refractivity contribution in [1.82, 2.24) is 0 Å². The molecule has 1 aliphatic carbocycles. The van der Waals surface area contributed by atoms with Gasteiger partial charge in [0.2, 0.25) is 0 Å². The van der Waals surface area contributed by atoms with E-state index >= 15 is 0 Å². The van der Waals surface area contributed by atoms with Gasteiger partial charge in [0.15, 0.2) is 0 Å². The number of hydrogen-bond acceptors (Lipinski definition) is 3. The van der Waals surface area contributed by atoms with Crippen molar-refractivity contribution in [3.05, 3.63) is 12.2 Å². The molecule has 0 bridgehead atoms. The minimum absolute atomic E-state index is 0.100. The zero-order valence-electron chi connectivity index (χ0n) is 15.8. The van der Waals surface area contributed by atoms with Gasteiger partial charge >= 0.3 is 5.97 Å². The maximum Gasteiger partial charge on any atom is 0.303 e. The van der Waals surface area contributed by atoms with Crippen molar-refractivity contribution in [2.75, 3.05) is 0 Å². The van der Waals surface area contributed by atoms with Crippen molar-refractivity contribution >= 4 is 11.8 Å². The molecular weight excluding hydrogens is 316 g/mol. The summed E-state index contributed by atoms with van der Waals surface area (Å²) >= 11 is 0. The number of carbonyl (C=O) groups excluding carboxylic acids is 1. The second-order valence-corrected chi connectivity index (χ2v) is 7.42. The van der Waals surface area contributed by atoms with Crippen LogP contribution in [0.3, 0.4) is 0 Å². The summed E-state index contributed by atoms with van der Waals surface area (Å²) in [6.07, 6.45) is 15.4. The number of carbonyl (C=O) groups is 2. The number of hydrogen-bond donors (Lipinski definition) is 2. The Balaban J connectivity index is 2.26. The Morgan fingerprint density at radius 3 is 2.60 bits per heavy atom. The molecule has 1 aliphatic rings. The van der Waals surface area contributed by atoms with Gasteiger partial charge in [-0.2, -0.15) is 0 Å². The average Bonchev–Trinajstić information content (AvgIpc) is 2.93. The quantitative estimate of drug-likeness (QED) is 0.344. The summed E-state index contributed by atoms with van der Waals surface area (Å²) in [4.78, 5) is 22.6. The lowest BCUT2D eigenvalue weighted by Gasteiger charge is -2.15. The molecule has 144 valence electrons. The first-order valence-corrected chi connectivity index (χ1v) is 10.2. The molecule has 3 unspecified atom stereocenters. The van der Waals surface area contributed by atoms with Crippen LogP contribution in [-0.4, -0.2) is 28.1 Å². The van der Waals surface area contributed by atoms with Gasteiger partial charge in [-0.3, -0.25) is 9.59 Å². The third-order valence-electron chi connectivity index (χ3n) is 5.24. The number of Topliss-reactive ketones (excluding diaryl/α,β-unsaturated/α-hetero) is 1. The molecule has 4 heteroatoms. The fourth-order valence-corrected chi connectivity index (χ4v) is 3.68. The van der Waals surface area contributed by atoms with E-state index in [2.05, 4.69) is 13.0 Å². The Morgan fingerprint density at radius 1 is 1.16 bits per heavy atom. The number of carboxylic acids is 1. The summed E-state index contributed by atoms with van der Waals surface area (Å²) in [6.45, 7) is 2.18. The van der Waals surface area contributed by atoms with E-state index < -0.39 is 5.97 Å². The van der Waals surface area contributed by atoms with E-state index in [1.807, 2.05) is 6.08 Å². The van der Waals surface area contributed by atoms with Gasteiger partial charge in [-0.25, -0.2) is 0 Å². The van der Waals surface area contributed by atoms with Crippen LogP contribution in [-0.2, 0) is 9.59 Å². The number of aliphatic hydroxyl groups excluding tert-OH is 1. The van der Waals surface area contributed by atoms with E-state index in [1.165, 1.54) is 19.3 Å². The van der Waals surface area contributed by atoms with Gasteiger partial charge in [0.25, 0.3) is 0 Å². The monoisotopic (exact) mass is 352 g/mol. The number of allylic oxidation sites excluding steroid dienone is 1. The summed E-state index contributed by atoms with van der Waals surface area (Å²) in [7, 11) is 0. The van der Waals surface area contributed by atoms with Gasteiger partial charge < -0.3 is 10.2 Å². The molecule has 0 aromatic heterocycles. The highest BCUT2D eigenvalue weighted by Crippen LogP contribution is 2.34. The minimum atomic E-state index is -0.732. The SMILES string of the molecule is CCCCCCC(O)C=CC1CCC(=O)C1CCCCCCC(=O)O.